The van der Waals surface area contributed by atoms with E-state index in [1.807, 2.05) is 13.0 Å². The molecule has 0 fully saturated rings. The highest BCUT2D eigenvalue weighted by atomic mass is 35.5. The maximum absolute atomic E-state index is 13.2. The number of nitrogens with one attached hydrogen (secondary N) is 1. The lowest BCUT2D eigenvalue weighted by molar-refractivity contribution is 0.102. The number of benzene rings is 3. The fourth-order valence-corrected chi connectivity index (χ4v) is 5.50. The Bertz CT molecular complexity index is 1270. The van der Waals surface area contributed by atoms with Crippen molar-refractivity contribution < 1.29 is 17.9 Å². The molecule has 3 aromatic rings. The van der Waals surface area contributed by atoms with Crippen LogP contribution in [0.25, 0.3) is 0 Å². The third kappa shape index (κ3) is 4.31. The molecule has 1 aliphatic rings. The van der Waals surface area contributed by atoms with Gasteiger partial charge in [0, 0.05) is 17.3 Å². The second kappa shape index (κ2) is 8.84. The molecule has 0 atom stereocenters. The standard InChI is InChI=1S/C24H23ClN2O4S/c1-16-5-9-20(10-6-16)32(29,30)27-13-3-4-17-14-19(8-11-22(17)27)26-24(28)21-15-18(25)7-12-23(21)31-2/h5-12,14-15H,3-4,13H2,1-2H3,(H,26,28). The number of anilines is 2. The minimum atomic E-state index is -3.67. The summed E-state index contributed by atoms with van der Waals surface area (Å²) < 4.78 is 33.2. The first kappa shape index (κ1) is 22.2. The summed E-state index contributed by atoms with van der Waals surface area (Å²) in [6, 6.07) is 16.9. The van der Waals surface area contributed by atoms with Crippen molar-refractivity contribution in [1.82, 2.24) is 0 Å². The van der Waals surface area contributed by atoms with Gasteiger partial charge in [0.1, 0.15) is 5.75 Å². The van der Waals surface area contributed by atoms with E-state index in [0.29, 0.717) is 40.7 Å². The van der Waals surface area contributed by atoms with Crippen molar-refractivity contribution in [2.45, 2.75) is 24.7 Å². The zero-order chi connectivity index (χ0) is 22.9. The van der Waals surface area contributed by atoms with Crippen LogP contribution in [0.3, 0.4) is 0 Å². The third-order valence-corrected chi connectivity index (χ3v) is 7.49. The maximum Gasteiger partial charge on any atom is 0.264 e. The van der Waals surface area contributed by atoms with Gasteiger partial charge in [-0.05, 0) is 73.9 Å². The number of ether oxygens (including phenoxy) is 1. The molecule has 0 radical (unpaired) electrons. The lowest BCUT2D eigenvalue weighted by Gasteiger charge is -2.31. The largest absolute Gasteiger partial charge is 0.496 e. The van der Waals surface area contributed by atoms with Crippen molar-refractivity contribution >= 4 is 38.9 Å². The topological polar surface area (TPSA) is 75.7 Å². The molecule has 1 heterocycles. The number of nitrogens with zero attached hydrogens (tertiary/aromatic N) is 1. The van der Waals surface area contributed by atoms with Crippen molar-refractivity contribution in [3.05, 3.63) is 82.4 Å². The van der Waals surface area contributed by atoms with E-state index in [0.717, 1.165) is 17.5 Å². The lowest BCUT2D eigenvalue weighted by Crippen LogP contribution is -2.35. The number of amides is 1. The van der Waals surface area contributed by atoms with Crippen LogP contribution in [0.4, 0.5) is 11.4 Å². The van der Waals surface area contributed by atoms with Crippen molar-refractivity contribution in [3.63, 3.8) is 0 Å². The second-order valence-corrected chi connectivity index (χ2v) is 9.93. The van der Waals surface area contributed by atoms with Crippen molar-refractivity contribution in [1.29, 1.82) is 0 Å². The SMILES string of the molecule is COc1ccc(Cl)cc1C(=O)Nc1ccc2c(c1)CCCN2S(=O)(=O)c1ccc(C)cc1. The third-order valence-electron chi connectivity index (χ3n) is 5.43. The molecule has 4 rings (SSSR count). The van der Waals surface area contributed by atoms with E-state index in [-0.39, 0.29) is 10.8 Å². The number of rotatable bonds is 5. The molecule has 3 aromatic carbocycles. The molecule has 0 bridgehead atoms. The summed E-state index contributed by atoms with van der Waals surface area (Å²) in [7, 11) is -2.18. The van der Waals surface area contributed by atoms with Crippen molar-refractivity contribution in [2.24, 2.45) is 0 Å². The highest BCUT2D eigenvalue weighted by molar-refractivity contribution is 7.92. The zero-order valence-corrected chi connectivity index (χ0v) is 19.3. The van der Waals surface area contributed by atoms with E-state index in [1.54, 1.807) is 54.6 Å². The molecule has 0 spiro atoms. The molecule has 0 unspecified atom stereocenters. The fourth-order valence-electron chi connectivity index (χ4n) is 3.78. The van der Waals surface area contributed by atoms with Crippen LogP contribution in [0.5, 0.6) is 5.75 Å². The van der Waals surface area contributed by atoms with Crippen molar-refractivity contribution in [2.75, 3.05) is 23.3 Å². The van der Waals surface area contributed by atoms with E-state index < -0.39 is 10.0 Å². The average Bonchev–Trinajstić information content (AvgIpc) is 2.78. The smallest absolute Gasteiger partial charge is 0.264 e. The Balaban J connectivity index is 1.62. The number of carbonyl (C=O) groups is 1. The van der Waals surface area contributed by atoms with Gasteiger partial charge in [0.25, 0.3) is 15.9 Å². The first-order valence-electron chi connectivity index (χ1n) is 10.2. The van der Waals surface area contributed by atoms with E-state index in [1.165, 1.54) is 11.4 Å². The monoisotopic (exact) mass is 470 g/mol. The molecule has 8 heteroatoms. The van der Waals surface area contributed by atoms with Gasteiger partial charge >= 0.3 is 0 Å². The van der Waals surface area contributed by atoms with Crippen LogP contribution in [0.15, 0.2) is 65.6 Å². The van der Waals surface area contributed by atoms with Gasteiger partial charge in [0.2, 0.25) is 0 Å². The van der Waals surface area contributed by atoms with Crippen LogP contribution in [0.1, 0.15) is 27.9 Å². The van der Waals surface area contributed by atoms with Crippen LogP contribution in [-0.2, 0) is 16.4 Å². The number of sulfonamides is 1. The van der Waals surface area contributed by atoms with Gasteiger partial charge in [-0.1, -0.05) is 29.3 Å². The molecule has 1 amide bonds. The van der Waals surface area contributed by atoms with Gasteiger partial charge in [0.15, 0.2) is 0 Å². The average molecular weight is 471 g/mol. The number of hydrogen-bond acceptors (Lipinski definition) is 4. The summed E-state index contributed by atoms with van der Waals surface area (Å²) in [6.07, 6.45) is 1.41. The van der Waals surface area contributed by atoms with E-state index in [9.17, 15) is 13.2 Å². The van der Waals surface area contributed by atoms with Gasteiger partial charge in [-0.25, -0.2) is 8.42 Å². The molecule has 166 valence electrons. The van der Waals surface area contributed by atoms with Crippen LogP contribution < -0.4 is 14.4 Å². The Morgan fingerprint density at radius 2 is 1.81 bits per heavy atom. The summed E-state index contributed by atoms with van der Waals surface area (Å²) in [6.45, 7) is 2.33. The molecular weight excluding hydrogens is 448 g/mol. The van der Waals surface area contributed by atoms with E-state index in [2.05, 4.69) is 5.32 Å². The van der Waals surface area contributed by atoms with E-state index >= 15 is 0 Å². The molecular formula is C24H23ClN2O4S. The van der Waals surface area contributed by atoms with Crippen molar-refractivity contribution in [3.8, 4) is 5.75 Å². The van der Waals surface area contributed by atoms with Crippen LogP contribution in [-0.4, -0.2) is 28.0 Å². The first-order chi connectivity index (χ1) is 15.3. The van der Waals surface area contributed by atoms with Crippen LogP contribution >= 0.6 is 11.6 Å². The Morgan fingerprint density at radius 1 is 1.06 bits per heavy atom. The number of carbonyl (C=O) groups excluding carboxylic acids is 1. The number of hydrogen-bond donors (Lipinski definition) is 1. The van der Waals surface area contributed by atoms with E-state index in [4.69, 9.17) is 16.3 Å². The summed E-state index contributed by atoms with van der Waals surface area (Å²) in [5.74, 6) is 0.0597. The molecule has 1 aliphatic heterocycles. The predicted octanol–water partition coefficient (Wildman–Crippen LogP) is 5.05. The predicted molar refractivity (Wildman–Crippen MR) is 126 cm³/mol. The number of fused-ring (bicyclic) bond motifs is 1. The Morgan fingerprint density at radius 3 is 2.53 bits per heavy atom. The van der Waals surface area contributed by atoms with Gasteiger partial charge in [0.05, 0.1) is 23.3 Å². The highest BCUT2D eigenvalue weighted by Crippen LogP contribution is 2.34. The minimum Gasteiger partial charge on any atom is -0.496 e. The summed E-state index contributed by atoms with van der Waals surface area (Å²) in [5, 5.41) is 3.29. The van der Waals surface area contributed by atoms with Gasteiger partial charge < -0.3 is 10.1 Å². The van der Waals surface area contributed by atoms with Gasteiger partial charge in [-0.3, -0.25) is 9.10 Å². The molecule has 32 heavy (non-hydrogen) atoms. The quantitative estimate of drug-likeness (QED) is 0.566. The first-order valence-corrected chi connectivity index (χ1v) is 12.0. The van der Waals surface area contributed by atoms with Crippen LogP contribution in [0, 0.1) is 6.92 Å². The maximum atomic E-state index is 13.2. The second-order valence-electron chi connectivity index (χ2n) is 7.64. The summed E-state index contributed by atoms with van der Waals surface area (Å²) >= 11 is 6.04. The highest BCUT2D eigenvalue weighted by Gasteiger charge is 2.29. The number of aryl methyl sites for hydroxylation is 2. The lowest BCUT2D eigenvalue weighted by atomic mass is 10.0. The fraction of sp³-hybridized carbons (Fsp3) is 0.208. The number of halogens is 1. The van der Waals surface area contributed by atoms with Gasteiger partial charge in [-0.2, -0.15) is 0 Å². The summed E-state index contributed by atoms with van der Waals surface area (Å²) in [4.78, 5) is 13.1. The molecule has 1 N–H and O–H groups in total. The normalized spacial score (nSPS) is 13.4. The number of methoxy groups -OCH3 is 1. The summed E-state index contributed by atoms with van der Waals surface area (Å²) in [5.41, 5.74) is 3.39. The zero-order valence-electron chi connectivity index (χ0n) is 17.8. The Hall–Kier alpha value is -3.03. The van der Waals surface area contributed by atoms with Gasteiger partial charge in [-0.15, -0.1) is 0 Å². The minimum absolute atomic E-state index is 0.265. The molecule has 6 nitrogen and oxygen atoms in total. The molecule has 0 saturated heterocycles. The Labute approximate surface area is 192 Å². The Kier molecular flexibility index (Phi) is 6.13. The van der Waals surface area contributed by atoms with Crippen LogP contribution in [0.2, 0.25) is 5.02 Å². The molecule has 0 aliphatic carbocycles. The molecule has 0 saturated carbocycles. The molecule has 0 aromatic heterocycles.